The highest BCUT2D eigenvalue weighted by Gasteiger charge is 2.53. The molecule has 290 valence electrons. The van der Waals surface area contributed by atoms with E-state index >= 15 is 0 Å². The Balaban J connectivity index is 1.09. The molecular formula is C59H38N2S. The number of thiophene rings is 1. The summed E-state index contributed by atoms with van der Waals surface area (Å²) in [5.74, 6) is 0. The Hall–Kier alpha value is -7.72. The van der Waals surface area contributed by atoms with Crippen LogP contribution in [0.1, 0.15) is 22.3 Å². The van der Waals surface area contributed by atoms with Gasteiger partial charge in [0.1, 0.15) is 0 Å². The van der Waals surface area contributed by atoms with Crippen molar-refractivity contribution in [2.75, 3.05) is 9.80 Å². The van der Waals surface area contributed by atoms with Gasteiger partial charge in [0.2, 0.25) is 0 Å². The van der Waals surface area contributed by atoms with Gasteiger partial charge >= 0.3 is 0 Å². The van der Waals surface area contributed by atoms with Crippen LogP contribution in [0.15, 0.2) is 231 Å². The molecule has 3 heteroatoms. The zero-order valence-electron chi connectivity index (χ0n) is 33.7. The first-order chi connectivity index (χ1) is 30.8. The minimum Gasteiger partial charge on any atom is -0.310 e. The Morgan fingerprint density at radius 3 is 1.52 bits per heavy atom. The molecule has 0 amide bonds. The van der Waals surface area contributed by atoms with E-state index in [2.05, 4.69) is 240 Å². The molecule has 1 unspecified atom stereocenters. The lowest BCUT2D eigenvalue weighted by Gasteiger charge is -2.33. The van der Waals surface area contributed by atoms with Crippen LogP contribution in [0.3, 0.4) is 0 Å². The first kappa shape index (κ1) is 35.1. The van der Waals surface area contributed by atoms with Crippen LogP contribution in [0.5, 0.6) is 0 Å². The van der Waals surface area contributed by atoms with E-state index in [1.807, 2.05) is 11.3 Å². The van der Waals surface area contributed by atoms with Crippen LogP contribution in [0, 0.1) is 0 Å². The molecule has 10 aromatic carbocycles. The first-order valence-corrected chi connectivity index (χ1v) is 22.2. The SMILES string of the molecule is c1ccc(N(c2ccc3c(c2)-c2ccccc2C32c3cc(N(c4ccccc4)c4cccc5ccccc45)ccc3-c3sc4ccccc4c32)c2cccc3ccccc23)cc1. The van der Waals surface area contributed by atoms with E-state index in [-0.39, 0.29) is 0 Å². The predicted octanol–water partition coefficient (Wildman–Crippen LogP) is 16.5. The van der Waals surface area contributed by atoms with Crippen molar-refractivity contribution in [2.24, 2.45) is 0 Å². The average molecular weight is 807 g/mol. The second-order valence-electron chi connectivity index (χ2n) is 16.4. The van der Waals surface area contributed by atoms with E-state index in [0.29, 0.717) is 0 Å². The molecule has 2 aliphatic rings. The van der Waals surface area contributed by atoms with Crippen molar-refractivity contribution in [3.63, 3.8) is 0 Å². The van der Waals surface area contributed by atoms with E-state index in [9.17, 15) is 0 Å². The number of nitrogens with zero attached hydrogens (tertiary/aromatic N) is 2. The van der Waals surface area contributed by atoms with Gasteiger partial charge in [-0.15, -0.1) is 11.3 Å². The zero-order chi connectivity index (χ0) is 40.8. The molecule has 0 bridgehead atoms. The molecule has 0 aliphatic heterocycles. The van der Waals surface area contributed by atoms with E-state index in [1.54, 1.807) is 0 Å². The Morgan fingerprint density at radius 2 is 0.839 bits per heavy atom. The summed E-state index contributed by atoms with van der Waals surface area (Å²) in [7, 11) is 0. The maximum Gasteiger partial charge on any atom is 0.0740 e. The molecule has 62 heavy (non-hydrogen) atoms. The summed E-state index contributed by atoms with van der Waals surface area (Å²) >= 11 is 1.93. The molecule has 1 atom stereocenters. The molecule has 1 spiro atoms. The van der Waals surface area contributed by atoms with Crippen LogP contribution in [0.2, 0.25) is 0 Å². The van der Waals surface area contributed by atoms with Gasteiger partial charge in [0.15, 0.2) is 0 Å². The van der Waals surface area contributed by atoms with Gasteiger partial charge in [0.05, 0.1) is 16.8 Å². The summed E-state index contributed by atoms with van der Waals surface area (Å²) < 4.78 is 1.32. The van der Waals surface area contributed by atoms with Crippen molar-refractivity contribution in [3.8, 4) is 21.6 Å². The molecule has 1 heterocycles. The van der Waals surface area contributed by atoms with Gasteiger partial charge in [-0.25, -0.2) is 0 Å². The number of hydrogen-bond donors (Lipinski definition) is 0. The summed E-state index contributed by atoms with van der Waals surface area (Å²) in [4.78, 5) is 6.25. The Kier molecular flexibility index (Phi) is 7.72. The first-order valence-electron chi connectivity index (χ1n) is 21.3. The van der Waals surface area contributed by atoms with E-state index < -0.39 is 5.41 Å². The minimum atomic E-state index is -0.539. The fraction of sp³-hybridized carbons (Fsp3) is 0.0169. The van der Waals surface area contributed by atoms with Crippen molar-refractivity contribution in [1.82, 2.24) is 0 Å². The smallest absolute Gasteiger partial charge is 0.0740 e. The number of fused-ring (bicyclic) bond motifs is 14. The van der Waals surface area contributed by atoms with E-state index in [0.717, 1.165) is 34.1 Å². The van der Waals surface area contributed by atoms with Gasteiger partial charge in [-0.2, -0.15) is 0 Å². The van der Waals surface area contributed by atoms with Crippen molar-refractivity contribution >= 4 is 77.1 Å². The second kappa shape index (κ2) is 13.7. The average Bonchev–Trinajstić information content (AvgIpc) is 3.96. The molecule has 13 rings (SSSR count). The van der Waals surface area contributed by atoms with E-state index in [4.69, 9.17) is 0 Å². The lowest BCUT2D eigenvalue weighted by molar-refractivity contribution is 0.802. The Morgan fingerprint density at radius 1 is 0.323 bits per heavy atom. The highest BCUT2D eigenvalue weighted by molar-refractivity contribution is 7.22. The summed E-state index contributed by atoms with van der Waals surface area (Å²) in [6.45, 7) is 0. The normalized spacial score (nSPS) is 14.5. The number of hydrogen-bond acceptors (Lipinski definition) is 3. The summed E-state index contributed by atoms with van der Waals surface area (Å²) in [5, 5.41) is 6.21. The molecular weight excluding hydrogens is 769 g/mol. The van der Waals surface area contributed by atoms with Crippen LogP contribution < -0.4 is 9.80 Å². The third kappa shape index (κ3) is 4.97. The van der Waals surface area contributed by atoms with Gasteiger partial charge < -0.3 is 9.80 Å². The minimum absolute atomic E-state index is 0.539. The fourth-order valence-electron chi connectivity index (χ4n) is 10.7. The fourth-order valence-corrected chi connectivity index (χ4v) is 12.0. The van der Waals surface area contributed by atoms with Crippen molar-refractivity contribution < 1.29 is 0 Å². The van der Waals surface area contributed by atoms with Gasteiger partial charge in [0.25, 0.3) is 0 Å². The van der Waals surface area contributed by atoms with Gasteiger partial charge in [0, 0.05) is 43.1 Å². The van der Waals surface area contributed by atoms with Crippen molar-refractivity contribution in [3.05, 3.63) is 253 Å². The molecule has 1 aromatic heterocycles. The summed E-state index contributed by atoms with van der Waals surface area (Å²) in [6.07, 6.45) is 0. The number of anilines is 6. The molecule has 11 aromatic rings. The molecule has 0 saturated carbocycles. The standard InChI is InChI=1S/C59H38N2S/c1-3-21-41(22-4-1)60(54-30-15-19-39-17-7-9-25-45(39)54)43-34-36-52-50(37-43)47-27-11-13-29-51(47)59(52)53-38-44(33-35-48(53)58-57(59)49-28-12-14-32-56(49)62-58)61(42-23-5-2-6-24-42)55-31-16-20-40-18-8-10-26-46(40)55/h1-38H. The lowest BCUT2D eigenvalue weighted by atomic mass is 9.70. The van der Waals surface area contributed by atoms with Crippen LogP contribution in [0.25, 0.3) is 53.2 Å². The third-order valence-corrected chi connectivity index (χ3v) is 14.4. The largest absolute Gasteiger partial charge is 0.310 e. The van der Waals surface area contributed by atoms with Crippen LogP contribution in [-0.2, 0) is 5.41 Å². The number of para-hydroxylation sites is 2. The topological polar surface area (TPSA) is 6.48 Å². The summed E-state index contributed by atoms with van der Waals surface area (Å²) in [5.41, 5.74) is 15.6. The quantitative estimate of drug-likeness (QED) is 0.165. The highest BCUT2D eigenvalue weighted by atomic mass is 32.1. The van der Waals surface area contributed by atoms with Crippen LogP contribution in [0.4, 0.5) is 34.1 Å². The van der Waals surface area contributed by atoms with E-state index in [1.165, 1.54) is 75.5 Å². The maximum atomic E-state index is 2.51. The zero-order valence-corrected chi connectivity index (χ0v) is 34.6. The predicted molar refractivity (Wildman–Crippen MR) is 263 cm³/mol. The van der Waals surface area contributed by atoms with Gasteiger partial charge in [-0.3, -0.25) is 0 Å². The second-order valence-corrected chi connectivity index (χ2v) is 17.4. The lowest BCUT2D eigenvalue weighted by Crippen LogP contribution is -2.26. The number of rotatable bonds is 6. The van der Waals surface area contributed by atoms with Gasteiger partial charge in [-0.1, -0.05) is 164 Å². The summed E-state index contributed by atoms with van der Waals surface area (Å²) in [6, 6.07) is 85.2. The Labute approximate surface area is 364 Å². The molecule has 2 aliphatic carbocycles. The van der Waals surface area contributed by atoms with Gasteiger partial charge in [-0.05, 0) is 122 Å². The van der Waals surface area contributed by atoms with Crippen LogP contribution in [-0.4, -0.2) is 0 Å². The molecule has 2 nitrogen and oxygen atoms in total. The van der Waals surface area contributed by atoms with Crippen LogP contribution >= 0.6 is 11.3 Å². The Bertz CT molecular complexity index is 3540. The molecule has 0 radical (unpaired) electrons. The monoisotopic (exact) mass is 806 g/mol. The number of benzene rings is 10. The molecule has 0 fully saturated rings. The highest BCUT2D eigenvalue weighted by Crippen LogP contribution is 2.67. The third-order valence-electron chi connectivity index (χ3n) is 13.2. The maximum absolute atomic E-state index is 2.51. The van der Waals surface area contributed by atoms with Crippen molar-refractivity contribution in [2.45, 2.75) is 5.41 Å². The molecule has 0 N–H and O–H groups in total. The van der Waals surface area contributed by atoms with Crippen molar-refractivity contribution in [1.29, 1.82) is 0 Å². The molecule has 0 saturated heterocycles.